The van der Waals surface area contributed by atoms with Gasteiger partial charge in [-0.15, -0.1) is 0 Å². The summed E-state index contributed by atoms with van der Waals surface area (Å²) in [7, 11) is 0. The Labute approximate surface area is 120 Å². The summed E-state index contributed by atoms with van der Waals surface area (Å²) in [6.45, 7) is 1.11. The van der Waals surface area contributed by atoms with Crippen LogP contribution >= 0.6 is 0 Å². The fraction of sp³-hybridized carbons (Fsp3) is 0.200. The van der Waals surface area contributed by atoms with Crippen LogP contribution in [0, 0.1) is 0 Å². The third-order valence-corrected chi connectivity index (χ3v) is 3.11. The molecule has 0 unspecified atom stereocenters. The average Bonchev–Trinajstić information content (AvgIpc) is 3.02. The quantitative estimate of drug-likeness (QED) is 0.899. The summed E-state index contributed by atoms with van der Waals surface area (Å²) in [4.78, 5) is 26.4. The number of carbonyl (C=O) groups is 1. The Hall–Kier alpha value is -2.44. The number of hydrogen-bond acceptors (Lipinski definition) is 4. The van der Waals surface area contributed by atoms with Crippen molar-refractivity contribution in [3.8, 4) is 0 Å². The number of H-pyrrole nitrogens is 1. The van der Waals surface area contributed by atoms with Gasteiger partial charge in [0.1, 0.15) is 5.56 Å². The van der Waals surface area contributed by atoms with Crippen LogP contribution in [0.25, 0.3) is 0 Å². The minimum atomic E-state index is -0.456. The maximum absolute atomic E-state index is 12.1. The second-order valence-corrected chi connectivity index (χ2v) is 4.58. The highest BCUT2D eigenvalue weighted by Gasteiger charge is 2.18. The maximum Gasteiger partial charge on any atom is 0.261 e. The Bertz CT molecular complexity index is 705. The van der Waals surface area contributed by atoms with Crippen LogP contribution in [0.2, 0.25) is 0 Å². The van der Waals surface area contributed by atoms with Gasteiger partial charge in [0.25, 0.3) is 5.91 Å². The standard InChI is InChI=1S/C15H14N2O4/c18-13-4-5-16-9-12(13)14(19)17-11-3-1-2-10(8-11)15-20-6-7-21-15/h1-5,8-9,15H,6-7H2,(H,16,18)(H,17,19). The predicted octanol–water partition coefficient (Wildman–Crippen LogP) is 1.67. The van der Waals surface area contributed by atoms with Gasteiger partial charge in [0.15, 0.2) is 11.7 Å². The molecule has 0 aliphatic carbocycles. The molecule has 2 N–H and O–H groups in total. The van der Waals surface area contributed by atoms with Crippen LogP contribution in [-0.2, 0) is 9.47 Å². The van der Waals surface area contributed by atoms with E-state index in [1.807, 2.05) is 6.07 Å². The molecule has 0 spiro atoms. The van der Waals surface area contributed by atoms with Gasteiger partial charge in [-0.25, -0.2) is 0 Å². The molecule has 2 aromatic rings. The lowest BCUT2D eigenvalue weighted by molar-refractivity contribution is -0.0440. The van der Waals surface area contributed by atoms with Gasteiger partial charge in [-0.3, -0.25) is 9.59 Å². The average molecular weight is 286 g/mol. The molecular weight excluding hydrogens is 272 g/mol. The smallest absolute Gasteiger partial charge is 0.261 e. The van der Waals surface area contributed by atoms with Gasteiger partial charge in [-0.05, 0) is 12.1 Å². The Morgan fingerprint density at radius 3 is 2.81 bits per heavy atom. The predicted molar refractivity (Wildman–Crippen MR) is 76.1 cm³/mol. The summed E-state index contributed by atoms with van der Waals surface area (Å²) in [5.41, 5.74) is 1.15. The zero-order valence-electron chi connectivity index (χ0n) is 11.2. The van der Waals surface area contributed by atoms with Crippen molar-refractivity contribution >= 4 is 11.6 Å². The second kappa shape index (κ2) is 5.90. The molecular formula is C15H14N2O4. The molecule has 1 aliphatic rings. The number of anilines is 1. The molecule has 6 nitrogen and oxygen atoms in total. The zero-order valence-corrected chi connectivity index (χ0v) is 11.2. The summed E-state index contributed by atoms with van der Waals surface area (Å²) >= 11 is 0. The molecule has 1 aliphatic heterocycles. The minimum Gasteiger partial charge on any atom is -0.367 e. The molecule has 108 valence electrons. The maximum atomic E-state index is 12.1. The first-order valence-corrected chi connectivity index (χ1v) is 6.56. The van der Waals surface area contributed by atoms with Crippen LogP contribution < -0.4 is 10.7 Å². The van der Waals surface area contributed by atoms with Crippen molar-refractivity contribution in [2.75, 3.05) is 18.5 Å². The number of aromatic amines is 1. The van der Waals surface area contributed by atoms with Gasteiger partial charge in [0, 0.05) is 29.7 Å². The monoisotopic (exact) mass is 286 g/mol. The van der Waals surface area contributed by atoms with E-state index >= 15 is 0 Å². The normalized spacial score (nSPS) is 15.0. The lowest BCUT2D eigenvalue weighted by atomic mass is 10.2. The molecule has 1 amide bonds. The summed E-state index contributed by atoms with van der Waals surface area (Å²) in [6.07, 6.45) is 2.46. The SMILES string of the molecule is O=C(Nc1cccc(C2OCCO2)c1)c1c[nH]ccc1=O. The van der Waals surface area contributed by atoms with E-state index < -0.39 is 12.2 Å². The largest absolute Gasteiger partial charge is 0.367 e. The van der Waals surface area contributed by atoms with Crippen LogP contribution in [0.3, 0.4) is 0 Å². The molecule has 1 aromatic carbocycles. The van der Waals surface area contributed by atoms with Gasteiger partial charge in [0.2, 0.25) is 0 Å². The van der Waals surface area contributed by atoms with E-state index in [9.17, 15) is 9.59 Å². The topological polar surface area (TPSA) is 80.4 Å². The number of hydrogen-bond donors (Lipinski definition) is 2. The Kier molecular flexibility index (Phi) is 3.81. The molecule has 1 fully saturated rings. The van der Waals surface area contributed by atoms with Gasteiger partial charge in [-0.1, -0.05) is 12.1 Å². The third-order valence-electron chi connectivity index (χ3n) is 3.11. The van der Waals surface area contributed by atoms with Crippen LogP contribution in [-0.4, -0.2) is 24.1 Å². The number of pyridine rings is 1. The Morgan fingerprint density at radius 1 is 1.24 bits per heavy atom. The third kappa shape index (κ3) is 3.01. The van der Waals surface area contributed by atoms with Crippen LogP contribution in [0.1, 0.15) is 22.2 Å². The van der Waals surface area contributed by atoms with Crippen molar-refractivity contribution in [3.05, 3.63) is 64.1 Å². The number of carbonyl (C=O) groups excluding carboxylic acids is 1. The fourth-order valence-electron chi connectivity index (χ4n) is 2.11. The van der Waals surface area contributed by atoms with E-state index in [1.54, 1.807) is 18.2 Å². The van der Waals surface area contributed by atoms with Crippen molar-refractivity contribution in [2.45, 2.75) is 6.29 Å². The Balaban J connectivity index is 1.79. The number of benzene rings is 1. The lowest BCUT2D eigenvalue weighted by Crippen LogP contribution is -2.20. The molecule has 2 heterocycles. The zero-order chi connectivity index (χ0) is 14.7. The molecule has 0 atom stereocenters. The van der Waals surface area contributed by atoms with E-state index in [0.717, 1.165) is 5.56 Å². The van der Waals surface area contributed by atoms with E-state index in [-0.39, 0.29) is 11.0 Å². The van der Waals surface area contributed by atoms with Crippen molar-refractivity contribution in [2.24, 2.45) is 0 Å². The summed E-state index contributed by atoms with van der Waals surface area (Å²) in [5.74, 6) is -0.456. The number of amides is 1. The minimum absolute atomic E-state index is 0.0660. The van der Waals surface area contributed by atoms with Gasteiger partial charge < -0.3 is 19.8 Å². The molecule has 21 heavy (non-hydrogen) atoms. The van der Waals surface area contributed by atoms with Crippen molar-refractivity contribution in [1.29, 1.82) is 0 Å². The van der Waals surface area contributed by atoms with Crippen molar-refractivity contribution < 1.29 is 14.3 Å². The van der Waals surface area contributed by atoms with Gasteiger partial charge in [0.05, 0.1) is 13.2 Å². The summed E-state index contributed by atoms with van der Waals surface area (Å²) < 4.78 is 10.8. The van der Waals surface area contributed by atoms with Crippen molar-refractivity contribution in [3.63, 3.8) is 0 Å². The number of rotatable bonds is 3. The van der Waals surface area contributed by atoms with E-state index in [0.29, 0.717) is 18.9 Å². The molecule has 3 rings (SSSR count). The molecule has 1 aromatic heterocycles. The number of nitrogens with one attached hydrogen (secondary N) is 2. The first-order valence-electron chi connectivity index (χ1n) is 6.56. The molecule has 1 saturated heterocycles. The van der Waals surface area contributed by atoms with Gasteiger partial charge in [-0.2, -0.15) is 0 Å². The Morgan fingerprint density at radius 2 is 2.05 bits per heavy atom. The van der Waals surface area contributed by atoms with Crippen LogP contribution in [0.5, 0.6) is 0 Å². The molecule has 0 bridgehead atoms. The molecule has 6 heteroatoms. The van der Waals surface area contributed by atoms with Gasteiger partial charge >= 0.3 is 0 Å². The van der Waals surface area contributed by atoms with E-state index in [1.165, 1.54) is 18.5 Å². The number of aromatic nitrogens is 1. The van der Waals surface area contributed by atoms with Crippen LogP contribution in [0.4, 0.5) is 5.69 Å². The lowest BCUT2D eigenvalue weighted by Gasteiger charge is -2.11. The molecule has 0 radical (unpaired) electrons. The summed E-state index contributed by atoms with van der Waals surface area (Å²) in [6, 6.07) is 8.48. The summed E-state index contributed by atoms with van der Waals surface area (Å²) in [5, 5.41) is 2.69. The van der Waals surface area contributed by atoms with Crippen molar-refractivity contribution in [1.82, 2.24) is 4.98 Å². The first kappa shape index (κ1) is 13.5. The highest BCUT2D eigenvalue weighted by molar-refractivity contribution is 6.03. The first-order chi connectivity index (χ1) is 10.2. The number of ether oxygens (including phenoxy) is 2. The van der Waals surface area contributed by atoms with E-state index in [4.69, 9.17) is 9.47 Å². The molecule has 0 saturated carbocycles. The fourth-order valence-corrected chi connectivity index (χ4v) is 2.11. The highest BCUT2D eigenvalue weighted by Crippen LogP contribution is 2.25. The van der Waals surface area contributed by atoms with E-state index in [2.05, 4.69) is 10.3 Å². The second-order valence-electron chi connectivity index (χ2n) is 4.58. The highest BCUT2D eigenvalue weighted by atomic mass is 16.7. The van der Waals surface area contributed by atoms with Crippen LogP contribution in [0.15, 0.2) is 47.5 Å².